The predicted octanol–water partition coefficient (Wildman–Crippen LogP) is 5.26. The Hall–Kier alpha value is -3.23. The zero-order valence-corrected chi connectivity index (χ0v) is 16.6. The van der Waals surface area contributed by atoms with Gasteiger partial charge in [-0.25, -0.2) is 0 Å². The number of nitro benzene ring substituents is 1. The lowest BCUT2D eigenvalue weighted by Crippen LogP contribution is -2.27. The quantitative estimate of drug-likeness (QED) is 0.242. The van der Waals surface area contributed by atoms with Gasteiger partial charge in [-0.1, -0.05) is 54.3 Å². The highest BCUT2D eigenvalue weighted by molar-refractivity contribution is 8.26. The summed E-state index contributed by atoms with van der Waals surface area (Å²) in [7, 11) is 0. The Balaban J connectivity index is 1.52. The van der Waals surface area contributed by atoms with Gasteiger partial charge >= 0.3 is 0 Å². The van der Waals surface area contributed by atoms with E-state index in [4.69, 9.17) is 16.6 Å². The highest BCUT2D eigenvalue weighted by Crippen LogP contribution is 2.34. The van der Waals surface area contributed by atoms with Crippen molar-refractivity contribution in [2.24, 2.45) is 0 Å². The second-order valence-corrected chi connectivity index (χ2v) is 7.94. The predicted molar refractivity (Wildman–Crippen MR) is 116 cm³/mol. The normalized spacial score (nSPS) is 15.3. The summed E-state index contributed by atoms with van der Waals surface area (Å²) >= 11 is 6.61. The third-order valence-corrected chi connectivity index (χ3v) is 5.70. The van der Waals surface area contributed by atoms with E-state index in [1.165, 1.54) is 23.9 Å². The van der Waals surface area contributed by atoms with Gasteiger partial charge in [0.2, 0.25) is 0 Å². The number of benzene rings is 2. The molecule has 2 aromatic carbocycles. The summed E-state index contributed by atoms with van der Waals surface area (Å²) in [5, 5.41) is 10.8. The number of carbonyl (C=O) groups excluding carboxylic acids is 1. The lowest BCUT2D eigenvalue weighted by molar-refractivity contribution is -0.384. The molecule has 0 spiro atoms. The number of thioether (sulfide) groups is 1. The van der Waals surface area contributed by atoms with Crippen LogP contribution < -0.4 is 0 Å². The third-order valence-electron chi connectivity index (χ3n) is 4.32. The third kappa shape index (κ3) is 4.13. The number of furan rings is 1. The van der Waals surface area contributed by atoms with E-state index in [0.29, 0.717) is 32.9 Å². The molecule has 0 N–H and O–H groups in total. The molecule has 29 heavy (non-hydrogen) atoms. The number of hydrogen-bond acceptors (Lipinski definition) is 6. The van der Waals surface area contributed by atoms with Gasteiger partial charge in [0, 0.05) is 23.8 Å². The lowest BCUT2D eigenvalue weighted by Gasteiger charge is -2.14. The molecular weight excluding hydrogens is 408 g/mol. The molecule has 3 aromatic rings. The van der Waals surface area contributed by atoms with Crippen LogP contribution in [0.2, 0.25) is 0 Å². The summed E-state index contributed by atoms with van der Waals surface area (Å²) in [5.41, 5.74) is 1.73. The molecule has 0 bridgehead atoms. The zero-order chi connectivity index (χ0) is 20.4. The van der Waals surface area contributed by atoms with Gasteiger partial charge in [0.15, 0.2) is 0 Å². The fraction of sp³-hybridized carbons (Fsp3) is 0.0476. The monoisotopic (exact) mass is 422 g/mol. The van der Waals surface area contributed by atoms with Gasteiger partial charge in [0.05, 0.1) is 16.4 Å². The molecule has 1 amide bonds. The first kappa shape index (κ1) is 19.1. The van der Waals surface area contributed by atoms with E-state index in [-0.39, 0.29) is 11.6 Å². The topological polar surface area (TPSA) is 76.6 Å². The molecule has 8 heteroatoms. The maximum absolute atomic E-state index is 12.7. The minimum atomic E-state index is -0.450. The van der Waals surface area contributed by atoms with E-state index < -0.39 is 4.92 Å². The van der Waals surface area contributed by atoms with Crippen LogP contribution >= 0.6 is 24.0 Å². The SMILES string of the molecule is O=C1/C(=C\c2ccc(-c3ccc([N+](=O)[O-])cc3)o2)SC(=S)N1Cc1ccccc1. The second kappa shape index (κ2) is 8.02. The van der Waals surface area contributed by atoms with Crippen LogP contribution in [0.15, 0.2) is 76.1 Å². The van der Waals surface area contributed by atoms with Crippen LogP contribution in [0.1, 0.15) is 11.3 Å². The number of rotatable bonds is 5. The molecule has 1 aliphatic rings. The number of non-ortho nitro benzene ring substituents is 1. The van der Waals surface area contributed by atoms with Gasteiger partial charge in [-0.15, -0.1) is 0 Å². The molecule has 1 aromatic heterocycles. The molecule has 4 rings (SSSR count). The first-order valence-corrected chi connectivity index (χ1v) is 9.88. The highest BCUT2D eigenvalue weighted by Gasteiger charge is 2.32. The number of nitro groups is 1. The minimum absolute atomic E-state index is 0.0163. The molecule has 144 valence electrons. The van der Waals surface area contributed by atoms with Gasteiger partial charge in [-0.05, 0) is 29.8 Å². The van der Waals surface area contributed by atoms with Crippen LogP contribution in [0.25, 0.3) is 17.4 Å². The zero-order valence-electron chi connectivity index (χ0n) is 15.0. The van der Waals surface area contributed by atoms with E-state index in [1.807, 2.05) is 30.3 Å². The number of nitrogens with zero attached hydrogens (tertiary/aromatic N) is 2. The summed E-state index contributed by atoms with van der Waals surface area (Å²) in [6.07, 6.45) is 1.67. The van der Waals surface area contributed by atoms with Crippen LogP contribution in [-0.4, -0.2) is 20.1 Å². The van der Waals surface area contributed by atoms with Gasteiger partial charge in [0.1, 0.15) is 15.8 Å². The second-order valence-electron chi connectivity index (χ2n) is 6.26. The van der Waals surface area contributed by atoms with Crippen LogP contribution in [0, 0.1) is 10.1 Å². The molecular formula is C21H14N2O4S2. The number of carbonyl (C=O) groups is 1. The van der Waals surface area contributed by atoms with Crippen molar-refractivity contribution >= 4 is 46.0 Å². The summed E-state index contributed by atoms with van der Waals surface area (Å²) in [5.74, 6) is 0.918. The van der Waals surface area contributed by atoms with E-state index in [2.05, 4.69) is 0 Å². The maximum Gasteiger partial charge on any atom is 0.269 e. The standard InChI is InChI=1S/C21H14N2O4S2/c24-20-19(29-21(28)22(20)13-14-4-2-1-3-5-14)12-17-10-11-18(27-17)15-6-8-16(9-7-15)23(25)26/h1-12H,13H2/b19-12+. The van der Waals surface area contributed by atoms with Gasteiger partial charge < -0.3 is 4.42 Å². The molecule has 0 aliphatic carbocycles. The van der Waals surface area contributed by atoms with Crippen molar-refractivity contribution in [3.8, 4) is 11.3 Å². The number of thiocarbonyl (C=S) groups is 1. The number of hydrogen-bond donors (Lipinski definition) is 0. The largest absolute Gasteiger partial charge is 0.457 e. The minimum Gasteiger partial charge on any atom is -0.457 e. The first-order valence-electron chi connectivity index (χ1n) is 8.65. The molecule has 0 saturated carbocycles. The van der Waals surface area contributed by atoms with E-state index >= 15 is 0 Å². The summed E-state index contributed by atoms with van der Waals surface area (Å²) in [6.45, 7) is 0.426. The average molecular weight is 422 g/mol. The molecule has 0 unspecified atom stereocenters. The summed E-state index contributed by atoms with van der Waals surface area (Å²) in [4.78, 5) is 25.1. The van der Waals surface area contributed by atoms with Crippen molar-refractivity contribution in [2.75, 3.05) is 0 Å². The highest BCUT2D eigenvalue weighted by atomic mass is 32.2. The Bertz CT molecular complexity index is 1120. The van der Waals surface area contributed by atoms with E-state index in [1.54, 1.807) is 35.2 Å². The fourth-order valence-electron chi connectivity index (χ4n) is 2.86. The van der Waals surface area contributed by atoms with Gasteiger partial charge in [-0.2, -0.15) is 0 Å². The summed E-state index contributed by atoms with van der Waals surface area (Å²) in [6, 6.07) is 19.3. The molecule has 1 fully saturated rings. The van der Waals surface area contributed by atoms with Crippen molar-refractivity contribution in [3.05, 3.63) is 93.1 Å². The summed E-state index contributed by atoms with van der Waals surface area (Å²) < 4.78 is 6.30. The van der Waals surface area contributed by atoms with Crippen LogP contribution in [0.3, 0.4) is 0 Å². The van der Waals surface area contributed by atoms with Crippen molar-refractivity contribution in [1.29, 1.82) is 0 Å². The van der Waals surface area contributed by atoms with Crippen molar-refractivity contribution in [3.63, 3.8) is 0 Å². The molecule has 6 nitrogen and oxygen atoms in total. The molecule has 0 radical (unpaired) electrons. The Morgan fingerprint density at radius 2 is 1.79 bits per heavy atom. The smallest absolute Gasteiger partial charge is 0.269 e. The van der Waals surface area contributed by atoms with Crippen molar-refractivity contribution in [1.82, 2.24) is 4.90 Å². The average Bonchev–Trinajstić information content (AvgIpc) is 3.29. The molecule has 2 heterocycles. The Kier molecular flexibility index (Phi) is 5.28. The van der Waals surface area contributed by atoms with E-state index in [0.717, 1.165) is 5.56 Å². The first-order chi connectivity index (χ1) is 14.0. The van der Waals surface area contributed by atoms with Crippen molar-refractivity contribution < 1.29 is 14.1 Å². The van der Waals surface area contributed by atoms with E-state index in [9.17, 15) is 14.9 Å². The van der Waals surface area contributed by atoms with Crippen LogP contribution in [0.5, 0.6) is 0 Å². The fourth-order valence-corrected chi connectivity index (χ4v) is 4.10. The lowest BCUT2D eigenvalue weighted by atomic mass is 10.1. The van der Waals surface area contributed by atoms with Gasteiger partial charge in [0.25, 0.3) is 11.6 Å². The Morgan fingerprint density at radius 3 is 2.48 bits per heavy atom. The van der Waals surface area contributed by atoms with Crippen LogP contribution in [-0.2, 0) is 11.3 Å². The van der Waals surface area contributed by atoms with Crippen LogP contribution in [0.4, 0.5) is 5.69 Å². The molecule has 0 atom stereocenters. The van der Waals surface area contributed by atoms with Crippen molar-refractivity contribution in [2.45, 2.75) is 6.54 Å². The van der Waals surface area contributed by atoms with Gasteiger partial charge in [-0.3, -0.25) is 19.8 Å². The molecule has 1 aliphatic heterocycles. The Morgan fingerprint density at radius 1 is 1.07 bits per heavy atom. The molecule has 1 saturated heterocycles. The Labute approximate surface area is 176 Å². The number of amides is 1. The maximum atomic E-state index is 12.7.